The Morgan fingerprint density at radius 1 is 1.17 bits per heavy atom. The predicted octanol–water partition coefficient (Wildman–Crippen LogP) is -4.93. The van der Waals surface area contributed by atoms with E-state index in [0.29, 0.717) is 6.61 Å². The third-order valence-corrected chi connectivity index (χ3v) is 1.10. The van der Waals surface area contributed by atoms with Crippen molar-refractivity contribution in [3.05, 3.63) is 30.3 Å². The van der Waals surface area contributed by atoms with Gasteiger partial charge in [0, 0.05) is 0 Å². The largest absolute Gasteiger partial charge is 1.00 e. The number of halogens is 1. The molecular weight excluding hydrogens is 187 g/mol. The summed E-state index contributed by atoms with van der Waals surface area (Å²) < 4.78 is 5.11. The second-order valence-corrected chi connectivity index (χ2v) is 1.89. The first-order valence-corrected chi connectivity index (χ1v) is 3.22. The molecule has 0 heterocycles. The van der Waals surface area contributed by atoms with Gasteiger partial charge in [-0.1, -0.05) is 18.2 Å². The van der Waals surface area contributed by atoms with Gasteiger partial charge in [-0.25, -0.2) is 0 Å². The van der Waals surface area contributed by atoms with E-state index in [9.17, 15) is 0 Å². The van der Waals surface area contributed by atoms with Crippen LogP contribution in [0.1, 0.15) is 0 Å². The zero-order chi connectivity index (χ0) is 7.23. The molecule has 0 aromatic heterocycles. The van der Waals surface area contributed by atoms with Gasteiger partial charge in [-0.05, 0) is 12.1 Å². The van der Waals surface area contributed by atoms with Crippen LogP contribution in [0.25, 0.3) is 0 Å². The topological polar surface area (TPSA) is 29.5 Å². The van der Waals surface area contributed by atoms with Gasteiger partial charge in [-0.15, -0.1) is 0 Å². The monoisotopic (exact) mass is 196 g/mol. The summed E-state index contributed by atoms with van der Waals surface area (Å²) in [6.45, 7) is 0.429. The zero-order valence-electron chi connectivity index (χ0n) is 7.03. The minimum atomic E-state index is 0. The number of benzene rings is 1. The van der Waals surface area contributed by atoms with Crippen LogP contribution in [0.15, 0.2) is 30.3 Å². The van der Waals surface area contributed by atoms with E-state index in [4.69, 9.17) is 9.84 Å². The fourth-order valence-electron chi connectivity index (χ4n) is 0.680. The summed E-state index contributed by atoms with van der Waals surface area (Å²) in [4.78, 5) is 0. The SMILES string of the molecule is OCCOc1ccccc1.[Cl-].[Na+]. The van der Waals surface area contributed by atoms with Crippen LogP contribution in [-0.2, 0) is 0 Å². The first-order chi connectivity index (χ1) is 4.93. The minimum absolute atomic E-state index is 0. The molecule has 62 valence electrons. The van der Waals surface area contributed by atoms with E-state index in [1.165, 1.54) is 0 Å². The summed E-state index contributed by atoms with van der Waals surface area (Å²) in [5, 5.41) is 8.40. The Labute approximate surface area is 101 Å². The molecule has 12 heavy (non-hydrogen) atoms. The molecule has 0 unspecified atom stereocenters. The summed E-state index contributed by atoms with van der Waals surface area (Å²) in [7, 11) is 0. The van der Waals surface area contributed by atoms with Crippen LogP contribution < -0.4 is 46.7 Å². The summed E-state index contributed by atoms with van der Waals surface area (Å²) in [5.74, 6) is 0.802. The molecule has 0 aliphatic heterocycles. The van der Waals surface area contributed by atoms with Crippen molar-refractivity contribution in [3.63, 3.8) is 0 Å². The molecule has 0 spiro atoms. The molecule has 0 aliphatic rings. The maximum atomic E-state index is 8.40. The van der Waals surface area contributed by atoms with E-state index in [1.54, 1.807) is 0 Å². The van der Waals surface area contributed by atoms with Gasteiger partial charge in [-0.3, -0.25) is 0 Å². The molecule has 1 aromatic carbocycles. The number of para-hydroxylation sites is 1. The third-order valence-electron chi connectivity index (χ3n) is 1.10. The normalized spacial score (nSPS) is 7.75. The molecule has 0 bridgehead atoms. The minimum Gasteiger partial charge on any atom is -1.00 e. The number of aliphatic hydroxyl groups excluding tert-OH is 1. The van der Waals surface area contributed by atoms with Crippen LogP contribution in [-0.4, -0.2) is 18.3 Å². The Bertz CT molecular complexity index is 182. The van der Waals surface area contributed by atoms with Crippen molar-refractivity contribution in [2.75, 3.05) is 13.2 Å². The van der Waals surface area contributed by atoms with Crippen molar-refractivity contribution in [1.29, 1.82) is 0 Å². The van der Waals surface area contributed by atoms with Crippen molar-refractivity contribution < 1.29 is 51.8 Å². The van der Waals surface area contributed by atoms with Crippen molar-refractivity contribution in [2.24, 2.45) is 0 Å². The van der Waals surface area contributed by atoms with Gasteiger partial charge in [-0.2, -0.15) is 0 Å². The Morgan fingerprint density at radius 3 is 2.25 bits per heavy atom. The standard InChI is InChI=1S/C8H10O2.ClH.Na/c9-6-7-10-8-4-2-1-3-5-8;;/h1-5,9H,6-7H2;1H;/q;;+1/p-1. The second-order valence-electron chi connectivity index (χ2n) is 1.89. The van der Waals surface area contributed by atoms with Gasteiger partial charge in [0.1, 0.15) is 12.4 Å². The van der Waals surface area contributed by atoms with Crippen LogP contribution in [0, 0.1) is 0 Å². The van der Waals surface area contributed by atoms with Crippen molar-refractivity contribution in [1.82, 2.24) is 0 Å². The first kappa shape index (κ1) is 14.8. The van der Waals surface area contributed by atoms with E-state index in [0.717, 1.165) is 5.75 Å². The number of ether oxygens (including phenoxy) is 1. The van der Waals surface area contributed by atoms with Crippen molar-refractivity contribution in [2.45, 2.75) is 0 Å². The van der Waals surface area contributed by atoms with Crippen LogP contribution >= 0.6 is 0 Å². The van der Waals surface area contributed by atoms with Gasteiger partial charge in [0.25, 0.3) is 0 Å². The van der Waals surface area contributed by atoms with Crippen molar-refractivity contribution >= 4 is 0 Å². The maximum Gasteiger partial charge on any atom is 1.00 e. The van der Waals surface area contributed by atoms with Gasteiger partial charge in [0.15, 0.2) is 0 Å². The van der Waals surface area contributed by atoms with Crippen LogP contribution in [0.4, 0.5) is 0 Å². The zero-order valence-corrected chi connectivity index (χ0v) is 9.79. The third kappa shape index (κ3) is 5.86. The molecule has 1 N–H and O–H groups in total. The fourth-order valence-corrected chi connectivity index (χ4v) is 0.680. The molecule has 0 atom stereocenters. The molecule has 0 fully saturated rings. The molecule has 0 saturated carbocycles. The molecule has 4 heteroatoms. The predicted molar refractivity (Wildman–Crippen MR) is 39.0 cm³/mol. The van der Waals surface area contributed by atoms with E-state index >= 15 is 0 Å². The Morgan fingerprint density at radius 2 is 1.75 bits per heavy atom. The van der Waals surface area contributed by atoms with Gasteiger partial charge in [0.05, 0.1) is 6.61 Å². The van der Waals surface area contributed by atoms with Crippen molar-refractivity contribution in [3.8, 4) is 5.75 Å². The number of rotatable bonds is 3. The van der Waals surface area contributed by atoms with E-state index in [-0.39, 0.29) is 48.6 Å². The summed E-state index contributed by atoms with van der Waals surface area (Å²) in [6, 6.07) is 9.43. The van der Waals surface area contributed by atoms with Gasteiger partial charge in [0.2, 0.25) is 0 Å². The molecule has 0 amide bonds. The maximum absolute atomic E-state index is 8.40. The van der Waals surface area contributed by atoms with Gasteiger partial charge < -0.3 is 22.3 Å². The van der Waals surface area contributed by atoms with Crippen LogP contribution in [0.5, 0.6) is 5.75 Å². The fraction of sp³-hybridized carbons (Fsp3) is 0.250. The van der Waals surface area contributed by atoms with Gasteiger partial charge >= 0.3 is 29.6 Å². The first-order valence-electron chi connectivity index (χ1n) is 3.22. The second kappa shape index (κ2) is 9.36. The molecule has 0 radical (unpaired) electrons. The summed E-state index contributed by atoms with van der Waals surface area (Å²) in [6.07, 6.45) is 0. The van der Waals surface area contributed by atoms with Crippen LogP contribution in [0.3, 0.4) is 0 Å². The van der Waals surface area contributed by atoms with E-state index < -0.39 is 0 Å². The van der Waals surface area contributed by atoms with E-state index in [2.05, 4.69) is 0 Å². The number of hydrogen-bond donors (Lipinski definition) is 1. The molecule has 2 nitrogen and oxygen atoms in total. The molecule has 1 rings (SSSR count). The molecule has 1 aromatic rings. The Hall–Kier alpha value is 0.270. The molecule has 0 aliphatic carbocycles. The average Bonchev–Trinajstić information content (AvgIpc) is 2.03. The average molecular weight is 197 g/mol. The smallest absolute Gasteiger partial charge is 1.00 e. The molecule has 0 saturated heterocycles. The number of hydrogen-bond acceptors (Lipinski definition) is 2. The Kier molecular flexibility index (Phi) is 11.5. The van der Waals surface area contributed by atoms with E-state index in [1.807, 2.05) is 30.3 Å². The summed E-state index contributed by atoms with van der Waals surface area (Å²) >= 11 is 0. The number of aliphatic hydroxyl groups is 1. The summed E-state index contributed by atoms with van der Waals surface area (Å²) in [5.41, 5.74) is 0. The quantitative estimate of drug-likeness (QED) is 0.491. The Balaban J connectivity index is 0. The molecular formula is C8H10ClNaO2. The van der Waals surface area contributed by atoms with Crippen LogP contribution in [0.2, 0.25) is 0 Å².